The lowest BCUT2D eigenvalue weighted by Crippen LogP contribution is -2.40. The first kappa shape index (κ1) is 21.0. The lowest BCUT2D eigenvalue weighted by atomic mass is 10.2. The Balaban J connectivity index is 1.55. The van der Waals surface area contributed by atoms with Crippen molar-refractivity contribution in [2.24, 2.45) is 0 Å². The second-order valence-corrected chi connectivity index (χ2v) is 8.69. The molecule has 0 unspecified atom stereocenters. The Morgan fingerprint density at radius 3 is 2.68 bits per heavy atom. The zero-order valence-electron chi connectivity index (χ0n) is 16.2. The highest BCUT2D eigenvalue weighted by Crippen LogP contribution is 2.24. The molecule has 1 N–H and O–H groups in total. The minimum atomic E-state index is -4.09. The van der Waals surface area contributed by atoms with Gasteiger partial charge in [0.2, 0.25) is 15.9 Å². The topological polar surface area (TPSA) is 123 Å². The molecule has 12 heteroatoms. The zero-order chi connectivity index (χ0) is 22.0. The number of anilines is 1. The van der Waals surface area contributed by atoms with Gasteiger partial charge in [-0.15, -0.1) is 5.10 Å². The van der Waals surface area contributed by atoms with Crippen LogP contribution in [0.15, 0.2) is 52.2 Å². The number of nitrogens with zero attached hydrogens (tertiary/aromatic N) is 4. The van der Waals surface area contributed by atoms with Gasteiger partial charge in [-0.05, 0) is 30.3 Å². The molecular weight excluding hydrogens is 429 g/mol. The van der Waals surface area contributed by atoms with Crippen LogP contribution in [0.4, 0.5) is 10.1 Å². The third kappa shape index (κ3) is 4.31. The number of carbonyl (C=O) groups is 1. The molecule has 0 bridgehead atoms. The summed E-state index contributed by atoms with van der Waals surface area (Å²) in [6.45, 7) is 0.223. The van der Waals surface area contributed by atoms with Crippen molar-refractivity contribution in [3.8, 4) is 0 Å². The summed E-state index contributed by atoms with van der Waals surface area (Å²) in [5.41, 5.74) is -0.0175. The highest BCUT2D eigenvalue weighted by molar-refractivity contribution is 7.89. The number of fused-ring (bicyclic) bond motifs is 1. The number of ether oxygens (including phenoxy) is 1. The number of halogens is 1. The van der Waals surface area contributed by atoms with Gasteiger partial charge in [0.05, 0.1) is 18.6 Å². The molecule has 3 aromatic rings. The minimum absolute atomic E-state index is 0.0695. The van der Waals surface area contributed by atoms with E-state index >= 15 is 0 Å². The Morgan fingerprint density at radius 1 is 1.16 bits per heavy atom. The summed E-state index contributed by atoms with van der Waals surface area (Å²) in [5.74, 6) is -1.57. The number of hydrogen-bond acceptors (Lipinski definition) is 7. The average molecular weight is 447 g/mol. The van der Waals surface area contributed by atoms with Crippen LogP contribution in [-0.4, -0.2) is 59.9 Å². The summed E-state index contributed by atoms with van der Waals surface area (Å²) in [6, 6.07) is 9.83. The average Bonchev–Trinajstić information content (AvgIpc) is 2.78. The lowest BCUT2D eigenvalue weighted by molar-refractivity contribution is -0.117. The van der Waals surface area contributed by atoms with Crippen molar-refractivity contribution in [2.45, 2.75) is 11.4 Å². The first-order chi connectivity index (χ1) is 14.9. The summed E-state index contributed by atoms with van der Waals surface area (Å²) in [7, 11) is -4.09. The number of sulfonamides is 1. The van der Waals surface area contributed by atoms with E-state index < -0.39 is 38.7 Å². The van der Waals surface area contributed by atoms with Gasteiger partial charge in [-0.25, -0.2) is 17.5 Å². The van der Waals surface area contributed by atoms with E-state index in [1.807, 2.05) is 0 Å². The van der Waals surface area contributed by atoms with Crippen LogP contribution in [0, 0.1) is 5.82 Å². The van der Waals surface area contributed by atoms with Crippen molar-refractivity contribution in [3.63, 3.8) is 0 Å². The molecule has 1 saturated heterocycles. The Labute approximate surface area is 176 Å². The molecule has 10 nitrogen and oxygen atoms in total. The van der Waals surface area contributed by atoms with Crippen LogP contribution in [0.3, 0.4) is 0 Å². The van der Waals surface area contributed by atoms with Crippen molar-refractivity contribution in [1.29, 1.82) is 0 Å². The van der Waals surface area contributed by atoms with Crippen LogP contribution >= 0.6 is 0 Å². The Hall–Kier alpha value is -3.22. The summed E-state index contributed by atoms with van der Waals surface area (Å²) < 4.78 is 47.0. The standard InChI is InChI=1S/C19H18FN5O5S/c20-15-6-5-13(11-17(15)31(28,29)24-7-9-30-10-8-24)21-18(26)12-25-19(27)14-3-1-2-4-16(14)22-23-25/h1-6,11H,7-10,12H2,(H,21,26). The quantitative estimate of drug-likeness (QED) is 0.607. The second-order valence-electron chi connectivity index (χ2n) is 6.78. The third-order valence-corrected chi connectivity index (χ3v) is 6.64. The number of amides is 1. The van der Waals surface area contributed by atoms with E-state index in [2.05, 4.69) is 15.6 Å². The van der Waals surface area contributed by atoms with Gasteiger partial charge < -0.3 is 10.1 Å². The molecule has 0 spiro atoms. The molecule has 0 radical (unpaired) electrons. The molecule has 1 fully saturated rings. The van der Waals surface area contributed by atoms with Gasteiger partial charge in [0.1, 0.15) is 22.8 Å². The number of nitrogens with one attached hydrogen (secondary N) is 1. The summed E-state index contributed by atoms with van der Waals surface area (Å²) in [5, 5.41) is 10.4. The second kappa shape index (κ2) is 8.49. The fourth-order valence-corrected chi connectivity index (χ4v) is 4.67. The van der Waals surface area contributed by atoms with Gasteiger partial charge in [-0.1, -0.05) is 17.3 Å². The maximum atomic E-state index is 14.3. The molecular formula is C19H18FN5O5S. The smallest absolute Gasteiger partial charge is 0.278 e. The lowest BCUT2D eigenvalue weighted by Gasteiger charge is -2.26. The zero-order valence-corrected chi connectivity index (χ0v) is 17.0. The number of hydrogen-bond donors (Lipinski definition) is 1. The normalized spacial score (nSPS) is 15.1. The molecule has 4 rings (SSSR count). The molecule has 1 aliphatic rings. The van der Waals surface area contributed by atoms with Gasteiger partial charge in [-0.2, -0.15) is 4.31 Å². The summed E-state index contributed by atoms with van der Waals surface area (Å²) in [4.78, 5) is 24.3. The molecule has 0 atom stereocenters. The maximum Gasteiger partial charge on any atom is 0.278 e. The Bertz CT molecular complexity index is 1300. The molecule has 2 heterocycles. The van der Waals surface area contributed by atoms with Crippen molar-refractivity contribution in [1.82, 2.24) is 19.3 Å². The summed E-state index contributed by atoms with van der Waals surface area (Å²) in [6.07, 6.45) is 0. The van der Waals surface area contributed by atoms with E-state index in [4.69, 9.17) is 4.74 Å². The molecule has 2 aromatic carbocycles. The molecule has 1 aliphatic heterocycles. The SMILES string of the molecule is O=C(Cn1nnc2ccccc2c1=O)Nc1ccc(F)c(S(=O)(=O)N2CCOCC2)c1. The van der Waals surface area contributed by atoms with E-state index in [0.29, 0.717) is 10.9 Å². The van der Waals surface area contributed by atoms with Gasteiger partial charge in [0.25, 0.3) is 5.56 Å². The van der Waals surface area contributed by atoms with Gasteiger partial charge in [-0.3, -0.25) is 9.59 Å². The van der Waals surface area contributed by atoms with Crippen molar-refractivity contribution < 1.29 is 22.3 Å². The molecule has 0 saturated carbocycles. The molecule has 0 aliphatic carbocycles. The first-order valence-corrected chi connectivity index (χ1v) is 10.8. The molecule has 31 heavy (non-hydrogen) atoms. The predicted octanol–water partition coefficient (Wildman–Crippen LogP) is 0.590. The maximum absolute atomic E-state index is 14.3. The Kier molecular flexibility index (Phi) is 5.76. The van der Waals surface area contributed by atoms with E-state index in [0.717, 1.165) is 21.1 Å². The Morgan fingerprint density at radius 2 is 1.90 bits per heavy atom. The fourth-order valence-electron chi connectivity index (χ4n) is 3.17. The summed E-state index contributed by atoms with van der Waals surface area (Å²) >= 11 is 0. The number of benzene rings is 2. The van der Waals surface area contributed by atoms with E-state index in [1.165, 1.54) is 6.07 Å². The van der Waals surface area contributed by atoms with Crippen LogP contribution in [0.5, 0.6) is 0 Å². The number of aromatic nitrogens is 3. The van der Waals surface area contributed by atoms with Crippen LogP contribution in [-0.2, 0) is 26.1 Å². The predicted molar refractivity (Wildman–Crippen MR) is 108 cm³/mol. The number of rotatable bonds is 5. The largest absolute Gasteiger partial charge is 0.379 e. The minimum Gasteiger partial charge on any atom is -0.379 e. The van der Waals surface area contributed by atoms with Crippen molar-refractivity contribution >= 4 is 32.5 Å². The highest BCUT2D eigenvalue weighted by Gasteiger charge is 2.29. The van der Waals surface area contributed by atoms with Crippen LogP contribution in [0.1, 0.15) is 0 Å². The molecule has 1 amide bonds. The molecule has 162 valence electrons. The number of morpholine rings is 1. The van der Waals surface area contributed by atoms with E-state index in [9.17, 15) is 22.4 Å². The highest BCUT2D eigenvalue weighted by atomic mass is 32.2. The van der Waals surface area contributed by atoms with Gasteiger partial charge >= 0.3 is 0 Å². The van der Waals surface area contributed by atoms with Crippen LogP contribution in [0.25, 0.3) is 10.9 Å². The van der Waals surface area contributed by atoms with Crippen molar-refractivity contribution in [3.05, 3.63) is 58.6 Å². The molecule has 1 aromatic heterocycles. The van der Waals surface area contributed by atoms with Crippen molar-refractivity contribution in [2.75, 3.05) is 31.6 Å². The van der Waals surface area contributed by atoms with Gasteiger partial charge in [0.15, 0.2) is 0 Å². The fraction of sp³-hybridized carbons (Fsp3) is 0.263. The van der Waals surface area contributed by atoms with Crippen LogP contribution in [0.2, 0.25) is 0 Å². The first-order valence-electron chi connectivity index (χ1n) is 9.36. The van der Waals surface area contributed by atoms with Crippen LogP contribution < -0.4 is 10.9 Å². The van der Waals surface area contributed by atoms with E-state index in [1.54, 1.807) is 24.3 Å². The third-order valence-electron chi connectivity index (χ3n) is 4.73. The van der Waals surface area contributed by atoms with Gasteiger partial charge in [0, 0.05) is 18.8 Å². The number of carbonyl (C=O) groups excluding carboxylic acids is 1. The van der Waals surface area contributed by atoms with E-state index in [-0.39, 0.29) is 32.0 Å². The monoisotopic (exact) mass is 447 g/mol.